The highest BCUT2D eigenvalue weighted by molar-refractivity contribution is 9.10. The quantitative estimate of drug-likeness (QED) is 0.902. The van der Waals surface area contributed by atoms with Crippen LogP contribution in [0.25, 0.3) is 0 Å². The summed E-state index contributed by atoms with van der Waals surface area (Å²) in [6, 6.07) is 12.9. The molecule has 20 heavy (non-hydrogen) atoms. The fourth-order valence-electron chi connectivity index (χ4n) is 1.76. The first-order chi connectivity index (χ1) is 9.51. The van der Waals surface area contributed by atoms with E-state index in [-0.39, 0.29) is 0 Å². The number of benzene rings is 2. The van der Waals surface area contributed by atoms with E-state index in [0.717, 1.165) is 15.6 Å². The molecule has 0 heterocycles. The summed E-state index contributed by atoms with van der Waals surface area (Å²) in [7, 11) is 0. The Balaban J connectivity index is 2.33. The zero-order chi connectivity index (χ0) is 14.7. The van der Waals surface area contributed by atoms with Gasteiger partial charge in [0.1, 0.15) is 11.5 Å². The van der Waals surface area contributed by atoms with E-state index in [4.69, 9.17) is 10.00 Å². The molecule has 0 saturated heterocycles. The highest BCUT2D eigenvalue weighted by atomic mass is 79.9. The van der Waals surface area contributed by atoms with E-state index in [1.807, 2.05) is 25.1 Å². The molecule has 0 aliphatic carbocycles. The second-order valence-electron chi connectivity index (χ2n) is 4.56. The van der Waals surface area contributed by atoms with Crippen molar-refractivity contribution in [1.29, 1.82) is 5.26 Å². The van der Waals surface area contributed by atoms with Crippen molar-refractivity contribution in [3.63, 3.8) is 0 Å². The maximum atomic E-state index is 9.54. The zero-order valence-corrected chi connectivity index (χ0v) is 12.8. The number of hydrogen-bond donors (Lipinski definition) is 1. The first-order valence-electron chi connectivity index (χ1n) is 6.17. The van der Waals surface area contributed by atoms with Crippen LogP contribution in [0.15, 0.2) is 40.9 Å². The summed E-state index contributed by atoms with van der Waals surface area (Å²) in [5.74, 6) is 1.29. The lowest BCUT2D eigenvalue weighted by Crippen LogP contribution is -1.93. The number of aliphatic hydroxyl groups excluding tert-OH is 1. The number of ether oxygens (including phenoxy) is 1. The van der Waals surface area contributed by atoms with Gasteiger partial charge in [0, 0.05) is 0 Å². The Morgan fingerprint density at radius 3 is 2.55 bits per heavy atom. The molecule has 102 valence electrons. The minimum Gasteiger partial charge on any atom is -0.456 e. The van der Waals surface area contributed by atoms with Gasteiger partial charge in [-0.2, -0.15) is 5.26 Å². The molecular weight excluding hydrogens is 318 g/mol. The van der Waals surface area contributed by atoms with Crippen LogP contribution in [-0.2, 0) is 0 Å². The number of halogens is 1. The van der Waals surface area contributed by atoms with Crippen LogP contribution in [0.5, 0.6) is 11.5 Å². The van der Waals surface area contributed by atoms with E-state index in [9.17, 15) is 5.11 Å². The van der Waals surface area contributed by atoms with Gasteiger partial charge >= 0.3 is 0 Å². The van der Waals surface area contributed by atoms with Crippen LogP contribution in [0.3, 0.4) is 0 Å². The van der Waals surface area contributed by atoms with Crippen LogP contribution in [0, 0.1) is 18.3 Å². The topological polar surface area (TPSA) is 53.2 Å². The van der Waals surface area contributed by atoms with Gasteiger partial charge in [0.2, 0.25) is 0 Å². The highest BCUT2D eigenvalue weighted by Gasteiger charge is 2.09. The van der Waals surface area contributed by atoms with Gasteiger partial charge in [-0.1, -0.05) is 12.1 Å². The Morgan fingerprint density at radius 2 is 1.95 bits per heavy atom. The molecule has 0 unspecified atom stereocenters. The number of aliphatic hydroxyl groups is 1. The summed E-state index contributed by atoms with van der Waals surface area (Å²) in [6.07, 6.45) is -0.524. The lowest BCUT2D eigenvalue weighted by atomic mass is 10.1. The fraction of sp³-hybridized carbons (Fsp3) is 0.188. The zero-order valence-electron chi connectivity index (χ0n) is 11.2. The molecule has 3 nitrogen and oxygen atoms in total. The summed E-state index contributed by atoms with van der Waals surface area (Å²) in [5, 5.41) is 18.5. The Hall–Kier alpha value is -1.83. The van der Waals surface area contributed by atoms with Gasteiger partial charge in [0.05, 0.1) is 22.2 Å². The van der Waals surface area contributed by atoms with Gasteiger partial charge in [-0.05, 0) is 65.2 Å². The number of rotatable bonds is 3. The van der Waals surface area contributed by atoms with Crippen molar-refractivity contribution < 1.29 is 9.84 Å². The second-order valence-corrected chi connectivity index (χ2v) is 5.41. The van der Waals surface area contributed by atoms with Gasteiger partial charge in [-0.3, -0.25) is 0 Å². The maximum absolute atomic E-state index is 9.54. The smallest absolute Gasteiger partial charge is 0.141 e. The van der Waals surface area contributed by atoms with Crippen LogP contribution in [0.2, 0.25) is 0 Å². The molecule has 0 aliphatic rings. The molecule has 2 aromatic rings. The van der Waals surface area contributed by atoms with E-state index in [1.54, 1.807) is 25.1 Å². The van der Waals surface area contributed by atoms with Crippen molar-refractivity contribution in [1.82, 2.24) is 0 Å². The standard InChI is InChI=1S/C16H14BrNO2/c1-10-3-4-12(9-18)7-16(10)20-15-6-5-13(11(2)19)8-14(15)17/h3-8,11,19H,1-2H3/t11-/m1/s1. The number of hydrogen-bond acceptors (Lipinski definition) is 3. The lowest BCUT2D eigenvalue weighted by molar-refractivity contribution is 0.199. The lowest BCUT2D eigenvalue weighted by Gasteiger charge is -2.12. The number of nitrogens with zero attached hydrogens (tertiary/aromatic N) is 1. The second kappa shape index (κ2) is 6.08. The van der Waals surface area contributed by atoms with E-state index >= 15 is 0 Å². The van der Waals surface area contributed by atoms with Crippen LogP contribution in [0.4, 0.5) is 0 Å². The summed E-state index contributed by atoms with van der Waals surface area (Å²) in [6.45, 7) is 3.64. The van der Waals surface area contributed by atoms with Crippen molar-refractivity contribution in [3.05, 3.63) is 57.6 Å². The van der Waals surface area contributed by atoms with E-state index < -0.39 is 6.10 Å². The molecule has 2 aromatic carbocycles. The van der Waals surface area contributed by atoms with Gasteiger partial charge in [0.15, 0.2) is 0 Å². The van der Waals surface area contributed by atoms with Gasteiger partial charge in [-0.25, -0.2) is 0 Å². The molecule has 0 radical (unpaired) electrons. The summed E-state index contributed by atoms with van der Waals surface area (Å²) in [4.78, 5) is 0. The third-order valence-electron chi connectivity index (χ3n) is 2.98. The molecule has 2 rings (SSSR count). The predicted molar refractivity (Wildman–Crippen MR) is 80.7 cm³/mol. The van der Waals surface area contributed by atoms with Crippen molar-refractivity contribution in [2.24, 2.45) is 0 Å². The third-order valence-corrected chi connectivity index (χ3v) is 3.60. The van der Waals surface area contributed by atoms with Crippen molar-refractivity contribution >= 4 is 15.9 Å². The first-order valence-corrected chi connectivity index (χ1v) is 6.96. The molecule has 1 atom stereocenters. The average molecular weight is 332 g/mol. The normalized spacial score (nSPS) is 11.8. The maximum Gasteiger partial charge on any atom is 0.141 e. The number of aryl methyl sites for hydroxylation is 1. The molecule has 1 N–H and O–H groups in total. The molecule has 0 fully saturated rings. The minimum atomic E-state index is -0.524. The largest absolute Gasteiger partial charge is 0.456 e. The van der Waals surface area contributed by atoms with Gasteiger partial charge in [0.25, 0.3) is 0 Å². The predicted octanol–water partition coefficient (Wildman–Crippen LogP) is 4.47. The Kier molecular flexibility index (Phi) is 4.43. The Morgan fingerprint density at radius 1 is 1.20 bits per heavy atom. The van der Waals surface area contributed by atoms with E-state index in [0.29, 0.717) is 17.1 Å². The molecule has 4 heteroatoms. The summed E-state index contributed by atoms with van der Waals surface area (Å²) in [5.41, 5.74) is 2.32. The van der Waals surface area contributed by atoms with Gasteiger partial charge < -0.3 is 9.84 Å². The molecule has 0 aliphatic heterocycles. The highest BCUT2D eigenvalue weighted by Crippen LogP contribution is 2.33. The molecule has 0 saturated carbocycles. The Labute approximate surface area is 126 Å². The molecule has 0 bridgehead atoms. The average Bonchev–Trinajstić information content (AvgIpc) is 2.43. The SMILES string of the molecule is Cc1ccc(C#N)cc1Oc1ccc([C@@H](C)O)cc1Br. The van der Waals surface area contributed by atoms with Crippen LogP contribution in [0.1, 0.15) is 29.7 Å². The molecule has 0 amide bonds. The fourth-order valence-corrected chi connectivity index (χ4v) is 2.24. The van der Waals surface area contributed by atoms with Gasteiger partial charge in [-0.15, -0.1) is 0 Å². The monoisotopic (exact) mass is 331 g/mol. The Bertz CT molecular complexity index is 675. The summed E-state index contributed by atoms with van der Waals surface area (Å²) < 4.78 is 6.60. The first kappa shape index (κ1) is 14.6. The minimum absolute atomic E-state index is 0.524. The van der Waals surface area contributed by atoms with Crippen molar-refractivity contribution in [3.8, 4) is 17.6 Å². The molecular formula is C16H14BrNO2. The molecule has 0 spiro atoms. The van der Waals surface area contributed by atoms with Crippen LogP contribution >= 0.6 is 15.9 Å². The molecule has 0 aromatic heterocycles. The van der Waals surface area contributed by atoms with Crippen LogP contribution < -0.4 is 4.74 Å². The number of nitriles is 1. The summed E-state index contributed by atoms with van der Waals surface area (Å²) >= 11 is 3.43. The van der Waals surface area contributed by atoms with E-state index in [2.05, 4.69) is 22.0 Å². The van der Waals surface area contributed by atoms with Crippen LogP contribution in [-0.4, -0.2) is 5.11 Å². The van der Waals surface area contributed by atoms with Crippen molar-refractivity contribution in [2.45, 2.75) is 20.0 Å². The third kappa shape index (κ3) is 3.19. The van der Waals surface area contributed by atoms with Crippen molar-refractivity contribution in [2.75, 3.05) is 0 Å². The van der Waals surface area contributed by atoms with E-state index in [1.165, 1.54) is 0 Å².